The molecular weight excluding hydrogens is 296 g/mol. The molecule has 24 heavy (non-hydrogen) atoms. The maximum atomic E-state index is 11.0. The topological polar surface area (TPSA) is 40.5 Å². The van der Waals surface area contributed by atoms with E-state index >= 15 is 0 Å². The number of aromatic hydroxyl groups is 1. The fourth-order valence-corrected chi connectivity index (χ4v) is 5.34. The van der Waals surface area contributed by atoms with Crippen molar-refractivity contribution in [2.24, 2.45) is 17.8 Å². The van der Waals surface area contributed by atoms with Crippen molar-refractivity contribution >= 4 is 0 Å². The van der Waals surface area contributed by atoms with Crippen LogP contribution in [-0.4, -0.2) is 15.8 Å². The summed E-state index contributed by atoms with van der Waals surface area (Å²) in [6, 6.07) is 18.1. The molecule has 0 aliphatic heterocycles. The lowest BCUT2D eigenvalue weighted by molar-refractivity contribution is 0.0607. The third kappa shape index (κ3) is 1.64. The van der Waals surface area contributed by atoms with E-state index in [0.29, 0.717) is 11.8 Å². The molecule has 2 heteroatoms. The summed E-state index contributed by atoms with van der Waals surface area (Å²) >= 11 is 0. The Labute approximate surface area is 141 Å². The Morgan fingerprint density at radius 1 is 0.833 bits per heavy atom. The summed E-state index contributed by atoms with van der Waals surface area (Å²) in [5.74, 6) is 1.14. The molecule has 1 saturated carbocycles. The number of rotatable bonds is 2. The van der Waals surface area contributed by atoms with Gasteiger partial charge in [0.25, 0.3) is 0 Å². The molecule has 0 aromatic heterocycles. The lowest BCUT2D eigenvalue weighted by Crippen LogP contribution is -2.40. The van der Waals surface area contributed by atoms with Crippen molar-refractivity contribution in [1.82, 2.24) is 0 Å². The fraction of sp³-hybridized carbons (Fsp3) is 0.273. The monoisotopic (exact) mass is 316 g/mol. The summed E-state index contributed by atoms with van der Waals surface area (Å²) in [6.07, 6.45) is 9.52. The molecule has 2 aromatic rings. The van der Waals surface area contributed by atoms with Crippen LogP contribution >= 0.6 is 0 Å². The predicted octanol–water partition coefficient (Wildman–Crippen LogP) is 3.80. The third-order valence-corrected chi connectivity index (χ3v) is 6.31. The van der Waals surface area contributed by atoms with Crippen molar-refractivity contribution < 1.29 is 10.2 Å². The average Bonchev–Trinajstić information content (AvgIpc) is 3.26. The molecule has 1 fully saturated rings. The lowest BCUT2D eigenvalue weighted by Gasteiger charge is -2.40. The van der Waals surface area contributed by atoms with Crippen LogP contribution in [0.4, 0.5) is 0 Å². The first-order valence-corrected chi connectivity index (χ1v) is 8.60. The van der Waals surface area contributed by atoms with Crippen LogP contribution in [-0.2, 0) is 5.41 Å². The predicted molar refractivity (Wildman–Crippen MR) is 93.6 cm³/mol. The van der Waals surface area contributed by atoms with Gasteiger partial charge in [0.2, 0.25) is 0 Å². The normalized spacial score (nSPS) is 38.6. The number of phenolic OH excluding ortho intramolecular Hbond substituents is 1. The van der Waals surface area contributed by atoms with Crippen LogP contribution in [0.5, 0.6) is 5.75 Å². The molecule has 0 spiro atoms. The Kier molecular flexibility index (Phi) is 2.70. The van der Waals surface area contributed by atoms with Gasteiger partial charge >= 0.3 is 0 Å². The standard InChI is InChI=1S/C22H20O2/c23-18-8-6-17(7-9-18)22(16-4-2-1-3-5-16)13-11-19-20(22)15-10-12-21(19,24)14-15/h1-13,15,19-20,23-24H,14H2. The van der Waals surface area contributed by atoms with E-state index in [-0.39, 0.29) is 17.1 Å². The van der Waals surface area contributed by atoms with Gasteiger partial charge in [0.15, 0.2) is 0 Å². The summed E-state index contributed by atoms with van der Waals surface area (Å²) < 4.78 is 0. The maximum Gasteiger partial charge on any atom is 0.115 e. The lowest BCUT2D eigenvalue weighted by atomic mass is 9.62. The van der Waals surface area contributed by atoms with Crippen molar-refractivity contribution in [3.8, 4) is 5.75 Å². The molecule has 0 heterocycles. The van der Waals surface area contributed by atoms with E-state index in [1.54, 1.807) is 12.1 Å². The van der Waals surface area contributed by atoms with Crippen LogP contribution < -0.4 is 0 Å². The Morgan fingerprint density at radius 2 is 1.54 bits per heavy atom. The van der Waals surface area contributed by atoms with Gasteiger partial charge in [-0.1, -0.05) is 66.8 Å². The van der Waals surface area contributed by atoms with Gasteiger partial charge in [-0.05, 0) is 41.5 Å². The van der Waals surface area contributed by atoms with Crippen molar-refractivity contribution in [2.75, 3.05) is 0 Å². The highest BCUT2D eigenvalue weighted by atomic mass is 16.3. The fourth-order valence-electron chi connectivity index (χ4n) is 5.34. The molecule has 2 aromatic carbocycles. The first kappa shape index (κ1) is 14.1. The number of hydrogen-bond acceptors (Lipinski definition) is 2. The van der Waals surface area contributed by atoms with Gasteiger partial charge in [0.1, 0.15) is 5.75 Å². The van der Waals surface area contributed by atoms with Crippen LogP contribution in [0, 0.1) is 17.8 Å². The third-order valence-electron chi connectivity index (χ3n) is 6.31. The molecule has 120 valence electrons. The Balaban J connectivity index is 1.74. The molecule has 3 aliphatic rings. The van der Waals surface area contributed by atoms with E-state index in [4.69, 9.17) is 0 Å². The number of phenols is 1. The Morgan fingerprint density at radius 3 is 2.29 bits per heavy atom. The van der Waals surface area contributed by atoms with Crippen molar-refractivity contribution in [2.45, 2.75) is 17.4 Å². The van der Waals surface area contributed by atoms with E-state index in [9.17, 15) is 10.2 Å². The van der Waals surface area contributed by atoms with Crippen LogP contribution in [0.1, 0.15) is 17.5 Å². The van der Waals surface area contributed by atoms with Crippen LogP contribution in [0.25, 0.3) is 0 Å². The van der Waals surface area contributed by atoms with E-state index < -0.39 is 5.60 Å². The zero-order valence-electron chi connectivity index (χ0n) is 13.3. The smallest absolute Gasteiger partial charge is 0.115 e. The van der Waals surface area contributed by atoms with Gasteiger partial charge in [0.05, 0.1) is 5.60 Å². The summed E-state index contributed by atoms with van der Waals surface area (Å²) in [7, 11) is 0. The van der Waals surface area contributed by atoms with E-state index in [2.05, 4.69) is 42.5 Å². The Hall–Kier alpha value is -2.32. The molecule has 2 N–H and O–H groups in total. The number of benzene rings is 2. The van der Waals surface area contributed by atoms with Crippen LogP contribution in [0.2, 0.25) is 0 Å². The number of aliphatic hydroxyl groups is 1. The molecule has 0 amide bonds. The number of hydrogen-bond donors (Lipinski definition) is 2. The largest absolute Gasteiger partial charge is 0.508 e. The Bertz CT molecular complexity index is 836. The van der Waals surface area contributed by atoms with Gasteiger partial charge in [-0.15, -0.1) is 0 Å². The second-order valence-corrected chi connectivity index (χ2v) is 7.41. The minimum Gasteiger partial charge on any atom is -0.508 e. The molecule has 3 aliphatic carbocycles. The van der Waals surface area contributed by atoms with Gasteiger partial charge in [-0.2, -0.15) is 0 Å². The van der Waals surface area contributed by atoms with E-state index in [1.807, 2.05) is 24.3 Å². The van der Waals surface area contributed by atoms with Crippen LogP contribution in [0.3, 0.4) is 0 Å². The highest BCUT2D eigenvalue weighted by Gasteiger charge is 2.62. The molecule has 2 bridgehead atoms. The second-order valence-electron chi connectivity index (χ2n) is 7.41. The first-order valence-electron chi connectivity index (χ1n) is 8.60. The summed E-state index contributed by atoms with van der Waals surface area (Å²) in [6.45, 7) is 0. The molecule has 5 unspecified atom stereocenters. The van der Waals surface area contributed by atoms with E-state index in [1.165, 1.54) is 11.1 Å². The molecule has 0 saturated heterocycles. The quantitative estimate of drug-likeness (QED) is 0.827. The van der Waals surface area contributed by atoms with Crippen molar-refractivity contribution in [3.63, 3.8) is 0 Å². The highest BCUT2D eigenvalue weighted by Crippen LogP contribution is 2.63. The number of allylic oxidation sites excluding steroid dienone is 2. The van der Waals surface area contributed by atoms with Crippen molar-refractivity contribution in [1.29, 1.82) is 0 Å². The summed E-state index contributed by atoms with van der Waals surface area (Å²) in [5, 5.41) is 20.7. The van der Waals surface area contributed by atoms with Gasteiger partial charge in [-0.3, -0.25) is 0 Å². The minimum absolute atomic E-state index is 0.154. The zero-order valence-corrected chi connectivity index (χ0v) is 13.3. The maximum absolute atomic E-state index is 11.0. The molecular formula is C22H20O2. The van der Waals surface area contributed by atoms with Crippen molar-refractivity contribution in [3.05, 3.63) is 90.0 Å². The average molecular weight is 316 g/mol. The van der Waals surface area contributed by atoms with Gasteiger partial charge in [-0.25, -0.2) is 0 Å². The van der Waals surface area contributed by atoms with Crippen LogP contribution in [0.15, 0.2) is 78.9 Å². The molecule has 5 rings (SSSR count). The number of fused-ring (bicyclic) bond motifs is 5. The molecule has 2 nitrogen and oxygen atoms in total. The van der Waals surface area contributed by atoms with Gasteiger partial charge < -0.3 is 10.2 Å². The SMILES string of the molecule is Oc1ccc(C2(c3ccccc3)C=CC3C2C2C=CC3(O)C2)cc1. The zero-order chi connectivity index (χ0) is 16.4. The minimum atomic E-state index is -0.695. The summed E-state index contributed by atoms with van der Waals surface area (Å²) in [5.41, 5.74) is 1.49. The van der Waals surface area contributed by atoms with E-state index in [0.717, 1.165) is 6.42 Å². The molecule has 0 radical (unpaired) electrons. The first-order chi connectivity index (χ1) is 11.6. The molecule has 5 atom stereocenters. The second kappa shape index (κ2) is 4.61. The summed E-state index contributed by atoms with van der Waals surface area (Å²) in [4.78, 5) is 0. The van der Waals surface area contributed by atoms with Gasteiger partial charge in [0, 0.05) is 11.3 Å². The highest BCUT2D eigenvalue weighted by molar-refractivity contribution is 5.53.